The molecule has 0 atom stereocenters. The molecule has 9 nitrogen and oxygen atoms in total. The number of allylic oxidation sites excluding steroid dienone is 1. The summed E-state index contributed by atoms with van der Waals surface area (Å²) in [4.78, 5) is 24.5. The minimum absolute atomic E-state index is 0.0543. The van der Waals surface area contributed by atoms with Crippen molar-refractivity contribution in [1.29, 1.82) is 0 Å². The summed E-state index contributed by atoms with van der Waals surface area (Å²) < 4.78 is 18.0. The number of hydrogen-bond acceptors (Lipinski definition) is 8. The van der Waals surface area contributed by atoms with E-state index in [-0.39, 0.29) is 17.2 Å². The SMILES string of the molecule is C=CCn1c(SCC(=O)Nc2ccccc2C(=O)OC)nnc1-c1cc2cccc(OC)c2o1. The van der Waals surface area contributed by atoms with Crippen molar-refractivity contribution in [2.24, 2.45) is 0 Å². The number of anilines is 1. The molecule has 174 valence electrons. The van der Waals surface area contributed by atoms with Gasteiger partial charge in [0.2, 0.25) is 11.7 Å². The Labute approximate surface area is 199 Å². The van der Waals surface area contributed by atoms with E-state index in [2.05, 4.69) is 22.1 Å². The van der Waals surface area contributed by atoms with Crippen LogP contribution in [0.4, 0.5) is 5.69 Å². The van der Waals surface area contributed by atoms with Crippen molar-refractivity contribution in [3.63, 3.8) is 0 Å². The zero-order valence-corrected chi connectivity index (χ0v) is 19.4. The van der Waals surface area contributed by atoms with Crippen molar-refractivity contribution in [2.75, 3.05) is 25.3 Å². The van der Waals surface area contributed by atoms with E-state index >= 15 is 0 Å². The molecular formula is C24H22N4O5S. The summed E-state index contributed by atoms with van der Waals surface area (Å²) in [6.07, 6.45) is 1.72. The number of ether oxygens (including phenoxy) is 2. The first kappa shape index (κ1) is 23.1. The Balaban J connectivity index is 1.54. The fourth-order valence-electron chi connectivity index (χ4n) is 3.38. The molecule has 2 heterocycles. The molecule has 0 spiro atoms. The quantitative estimate of drug-likeness (QED) is 0.214. The minimum Gasteiger partial charge on any atom is -0.493 e. The lowest BCUT2D eigenvalue weighted by molar-refractivity contribution is -0.113. The molecule has 0 unspecified atom stereocenters. The van der Waals surface area contributed by atoms with Crippen molar-refractivity contribution in [1.82, 2.24) is 14.8 Å². The predicted molar refractivity (Wildman–Crippen MR) is 129 cm³/mol. The van der Waals surface area contributed by atoms with E-state index < -0.39 is 5.97 Å². The van der Waals surface area contributed by atoms with Gasteiger partial charge >= 0.3 is 5.97 Å². The van der Waals surface area contributed by atoms with Crippen LogP contribution in [0.3, 0.4) is 0 Å². The maximum Gasteiger partial charge on any atom is 0.339 e. The maximum absolute atomic E-state index is 12.6. The van der Waals surface area contributed by atoms with Gasteiger partial charge in [-0.05, 0) is 24.3 Å². The highest BCUT2D eigenvalue weighted by Gasteiger charge is 2.20. The van der Waals surface area contributed by atoms with Gasteiger partial charge in [0, 0.05) is 11.9 Å². The molecule has 2 aromatic heterocycles. The highest BCUT2D eigenvalue weighted by Crippen LogP contribution is 2.34. The number of fused-ring (bicyclic) bond motifs is 1. The van der Waals surface area contributed by atoms with Crippen LogP contribution in [-0.4, -0.2) is 46.6 Å². The summed E-state index contributed by atoms with van der Waals surface area (Å²) in [5.74, 6) is 0.885. The van der Waals surface area contributed by atoms with E-state index in [0.717, 1.165) is 5.39 Å². The number of esters is 1. The molecule has 0 saturated heterocycles. The van der Waals surface area contributed by atoms with Crippen LogP contribution in [0.15, 0.2) is 70.8 Å². The van der Waals surface area contributed by atoms with E-state index in [1.165, 1.54) is 18.9 Å². The molecule has 4 rings (SSSR count). The van der Waals surface area contributed by atoms with Gasteiger partial charge in [-0.3, -0.25) is 9.36 Å². The number of methoxy groups -OCH3 is 2. The van der Waals surface area contributed by atoms with Gasteiger partial charge in [0.25, 0.3) is 0 Å². The third-order valence-electron chi connectivity index (χ3n) is 4.92. The summed E-state index contributed by atoms with van der Waals surface area (Å²) in [5, 5.41) is 12.7. The van der Waals surface area contributed by atoms with Crippen LogP contribution >= 0.6 is 11.8 Å². The van der Waals surface area contributed by atoms with E-state index in [1.807, 2.05) is 28.8 Å². The molecular weight excluding hydrogens is 456 g/mol. The Bertz CT molecular complexity index is 1360. The molecule has 0 bridgehead atoms. The molecule has 0 radical (unpaired) electrons. The Morgan fingerprint density at radius 3 is 2.76 bits per heavy atom. The molecule has 0 fully saturated rings. The van der Waals surface area contributed by atoms with Crippen LogP contribution in [0.5, 0.6) is 5.75 Å². The highest BCUT2D eigenvalue weighted by molar-refractivity contribution is 7.99. The smallest absolute Gasteiger partial charge is 0.339 e. The monoisotopic (exact) mass is 478 g/mol. The van der Waals surface area contributed by atoms with Crippen LogP contribution < -0.4 is 10.1 Å². The molecule has 0 aliphatic heterocycles. The van der Waals surface area contributed by atoms with Crippen LogP contribution in [-0.2, 0) is 16.1 Å². The zero-order chi connectivity index (χ0) is 24.1. The average Bonchev–Trinajstić information content (AvgIpc) is 3.46. The molecule has 1 N–H and O–H groups in total. The Hall–Kier alpha value is -4.05. The number of rotatable bonds is 9. The molecule has 2 aromatic carbocycles. The molecule has 1 amide bonds. The van der Waals surface area contributed by atoms with E-state index in [9.17, 15) is 9.59 Å². The summed E-state index contributed by atoms with van der Waals surface area (Å²) in [7, 11) is 2.87. The summed E-state index contributed by atoms with van der Waals surface area (Å²) in [5.41, 5.74) is 1.27. The second kappa shape index (κ2) is 10.3. The predicted octanol–water partition coefficient (Wildman–Crippen LogP) is 4.40. The van der Waals surface area contributed by atoms with Crippen molar-refractivity contribution < 1.29 is 23.5 Å². The number of carbonyl (C=O) groups excluding carboxylic acids is 2. The van der Waals surface area contributed by atoms with Crippen LogP contribution in [0, 0.1) is 0 Å². The van der Waals surface area contributed by atoms with Gasteiger partial charge in [-0.1, -0.05) is 42.1 Å². The minimum atomic E-state index is -0.526. The number of hydrogen-bond donors (Lipinski definition) is 1. The second-order valence-corrected chi connectivity index (χ2v) is 8.01. The molecule has 34 heavy (non-hydrogen) atoms. The number of thioether (sulfide) groups is 1. The lowest BCUT2D eigenvalue weighted by atomic mass is 10.2. The zero-order valence-electron chi connectivity index (χ0n) is 18.6. The van der Waals surface area contributed by atoms with Crippen LogP contribution in [0.2, 0.25) is 0 Å². The topological polar surface area (TPSA) is 108 Å². The van der Waals surface area contributed by atoms with Crippen molar-refractivity contribution in [3.8, 4) is 17.3 Å². The Morgan fingerprint density at radius 1 is 1.18 bits per heavy atom. The summed E-state index contributed by atoms with van der Waals surface area (Å²) in [6, 6.07) is 14.1. The molecule has 10 heteroatoms. The van der Waals surface area contributed by atoms with Crippen molar-refractivity contribution >= 4 is 40.3 Å². The number of aromatic nitrogens is 3. The average molecular weight is 479 g/mol. The first-order chi connectivity index (χ1) is 16.5. The Kier molecular flexibility index (Phi) is 6.98. The largest absolute Gasteiger partial charge is 0.493 e. The fourth-order valence-corrected chi connectivity index (χ4v) is 4.12. The van der Waals surface area contributed by atoms with Crippen LogP contribution in [0.25, 0.3) is 22.6 Å². The van der Waals surface area contributed by atoms with Gasteiger partial charge in [0.15, 0.2) is 22.2 Å². The number of furan rings is 1. The molecule has 0 saturated carbocycles. The van der Waals surface area contributed by atoms with E-state index in [1.54, 1.807) is 37.5 Å². The van der Waals surface area contributed by atoms with Gasteiger partial charge in [0.05, 0.1) is 31.2 Å². The first-order valence-corrected chi connectivity index (χ1v) is 11.2. The maximum atomic E-state index is 12.6. The standard InChI is InChI=1S/C24H22N4O5S/c1-4-12-28-22(19-13-15-8-7-11-18(31-2)21(15)33-19)26-27-24(28)34-14-20(29)25-17-10-6-5-9-16(17)23(30)32-3/h4-11,13H,1,12,14H2,2-3H3,(H,25,29). The van der Waals surface area contributed by atoms with Gasteiger partial charge in [-0.25, -0.2) is 4.79 Å². The summed E-state index contributed by atoms with van der Waals surface area (Å²) in [6.45, 7) is 4.23. The van der Waals surface area contributed by atoms with E-state index in [4.69, 9.17) is 13.9 Å². The van der Waals surface area contributed by atoms with Gasteiger partial charge in [-0.15, -0.1) is 16.8 Å². The van der Waals surface area contributed by atoms with Gasteiger partial charge in [-0.2, -0.15) is 0 Å². The Morgan fingerprint density at radius 2 is 2.00 bits per heavy atom. The third-order valence-corrected chi connectivity index (χ3v) is 5.88. The molecule has 0 aliphatic rings. The van der Waals surface area contributed by atoms with Crippen LogP contribution in [0.1, 0.15) is 10.4 Å². The second-order valence-electron chi connectivity index (χ2n) is 7.07. The van der Waals surface area contributed by atoms with Crippen molar-refractivity contribution in [3.05, 3.63) is 66.7 Å². The molecule has 4 aromatic rings. The number of nitrogens with one attached hydrogen (secondary N) is 1. The number of carbonyl (C=O) groups is 2. The number of nitrogens with zero attached hydrogens (tertiary/aromatic N) is 3. The fraction of sp³-hybridized carbons (Fsp3) is 0.167. The van der Waals surface area contributed by atoms with Gasteiger partial charge < -0.3 is 19.2 Å². The normalized spacial score (nSPS) is 10.8. The van der Waals surface area contributed by atoms with E-state index in [0.29, 0.717) is 40.3 Å². The summed E-state index contributed by atoms with van der Waals surface area (Å²) >= 11 is 1.21. The third kappa shape index (κ3) is 4.67. The van der Waals surface area contributed by atoms with Gasteiger partial charge in [0.1, 0.15) is 0 Å². The number of benzene rings is 2. The first-order valence-electron chi connectivity index (χ1n) is 10.3. The molecule has 0 aliphatic carbocycles. The lowest BCUT2D eigenvalue weighted by Crippen LogP contribution is -2.17. The van der Waals surface area contributed by atoms with Crippen molar-refractivity contribution in [2.45, 2.75) is 11.7 Å². The highest BCUT2D eigenvalue weighted by atomic mass is 32.2. The number of para-hydroxylation sites is 2. The lowest BCUT2D eigenvalue weighted by Gasteiger charge is -2.10. The number of amides is 1.